The summed E-state index contributed by atoms with van der Waals surface area (Å²) < 4.78 is 1.64. The maximum absolute atomic E-state index is 11.4. The molecule has 2 atom stereocenters. The number of benzene rings is 3. The van der Waals surface area contributed by atoms with Crippen LogP contribution in [0.5, 0.6) is 0 Å². The quantitative estimate of drug-likeness (QED) is 0.409. The van der Waals surface area contributed by atoms with Gasteiger partial charge >= 0.3 is 0 Å². The Labute approximate surface area is 223 Å². The predicted octanol–water partition coefficient (Wildman–Crippen LogP) is 4.07. The van der Waals surface area contributed by atoms with Crippen molar-refractivity contribution >= 4 is 5.91 Å². The van der Waals surface area contributed by atoms with Crippen LogP contribution in [0.3, 0.4) is 0 Å². The van der Waals surface area contributed by atoms with Crippen LogP contribution in [0, 0.1) is 12.8 Å². The Morgan fingerprint density at radius 3 is 2.08 bits per heavy atom. The molecule has 7 nitrogen and oxygen atoms in total. The van der Waals surface area contributed by atoms with E-state index in [-0.39, 0.29) is 5.82 Å². The second kappa shape index (κ2) is 10.2. The van der Waals surface area contributed by atoms with Crippen LogP contribution in [0.2, 0.25) is 0 Å². The van der Waals surface area contributed by atoms with Crippen molar-refractivity contribution in [3.8, 4) is 16.8 Å². The molecule has 3 heterocycles. The van der Waals surface area contributed by atoms with E-state index >= 15 is 0 Å². The summed E-state index contributed by atoms with van der Waals surface area (Å²) >= 11 is 0. The highest BCUT2D eigenvalue weighted by Crippen LogP contribution is 2.31. The summed E-state index contributed by atoms with van der Waals surface area (Å²) in [6, 6.07) is 26.8. The first-order valence-corrected chi connectivity index (χ1v) is 13.4. The number of rotatable bonds is 7. The fraction of sp³-hybridized carbons (Fsp3) is 0.323. The van der Waals surface area contributed by atoms with E-state index in [1.807, 2.05) is 12.1 Å². The number of hydrogen-bond donors (Lipinski definition) is 1. The molecule has 4 aromatic rings. The lowest BCUT2D eigenvalue weighted by atomic mass is 9.99. The van der Waals surface area contributed by atoms with E-state index in [9.17, 15) is 4.79 Å². The van der Waals surface area contributed by atoms with Crippen LogP contribution < -0.4 is 5.73 Å². The van der Waals surface area contributed by atoms with E-state index in [1.54, 1.807) is 11.6 Å². The standard InChI is InChI=1S/C31H34N6O/c1-21-33-31(30(32)38)34-37(21)28-13-7-23(8-14-28)17-22-3-9-25(10-4-22)26-11-5-24(6-12-26)18-36-19-27-15-16-35(2)29(27)20-36/h3-14,27,29H,15-20H2,1-2H3,(H2,32,38)/t27-,29+/m0/s1. The number of likely N-dealkylation sites (tertiary alicyclic amines) is 2. The number of carbonyl (C=O) groups is 1. The van der Waals surface area contributed by atoms with Crippen molar-refractivity contribution in [2.75, 3.05) is 26.7 Å². The van der Waals surface area contributed by atoms with Crippen LogP contribution in [0.4, 0.5) is 0 Å². The highest BCUT2D eigenvalue weighted by Gasteiger charge is 2.39. The van der Waals surface area contributed by atoms with E-state index in [0.717, 1.165) is 30.6 Å². The molecule has 0 unspecified atom stereocenters. The summed E-state index contributed by atoms with van der Waals surface area (Å²) in [4.78, 5) is 20.6. The number of likely N-dealkylation sites (N-methyl/N-ethyl adjacent to an activating group) is 1. The van der Waals surface area contributed by atoms with Crippen LogP contribution in [-0.4, -0.2) is 63.2 Å². The number of nitrogens with zero attached hydrogens (tertiary/aromatic N) is 5. The van der Waals surface area contributed by atoms with Gasteiger partial charge in [0.2, 0.25) is 5.82 Å². The molecular weight excluding hydrogens is 472 g/mol. The van der Waals surface area contributed by atoms with Gasteiger partial charge in [-0.05, 0) is 79.2 Å². The molecule has 0 radical (unpaired) electrons. The van der Waals surface area contributed by atoms with Crippen molar-refractivity contribution in [2.45, 2.75) is 32.4 Å². The van der Waals surface area contributed by atoms with Gasteiger partial charge < -0.3 is 10.6 Å². The molecule has 2 aliphatic heterocycles. The molecule has 2 saturated heterocycles. The van der Waals surface area contributed by atoms with Gasteiger partial charge in [0.15, 0.2) is 0 Å². The molecule has 0 spiro atoms. The zero-order valence-electron chi connectivity index (χ0n) is 22.0. The molecule has 194 valence electrons. The Morgan fingerprint density at radius 2 is 1.50 bits per heavy atom. The summed E-state index contributed by atoms with van der Waals surface area (Å²) in [5.41, 5.74) is 12.5. The number of nitrogens with two attached hydrogens (primary N) is 1. The first kappa shape index (κ1) is 24.5. The largest absolute Gasteiger partial charge is 0.363 e. The Bertz CT molecular complexity index is 1420. The maximum atomic E-state index is 11.4. The van der Waals surface area contributed by atoms with Crippen LogP contribution in [0.25, 0.3) is 16.8 Å². The zero-order chi connectivity index (χ0) is 26.2. The predicted molar refractivity (Wildman–Crippen MR) is 149 cm³/mol. The Hall–Kier alpha value is -3.81. The SMILES string of the molecule is Cc1nc(C(N)=O)nn1-c1ccc(Cc2ccc(-c3ccc(CN4C[C@@H]5CCN(C)[C@@H]5C4)cc3)cc2)cc1. The van der Waals surface area contributed by atoms with E-state index in [2.05, 4.69) is 87.6 Å². The first-order chi connectivity index (χ1) is 18.4. The highest BCUT2D eigenvalue weighted by molar-refractivity contribution is 5.88. The third-order valence-corrected chi connectivity index (χ3v) is 8.13. The van der Waals surface area contributed by atoms with Crippen LogP contribution in [0.15, 0.2) is 72.8 Å². The second-order valence-electron chi connectivity index (χ2n) is 10.8. The third kappa shape index (κ3) is 4.99. The monoisotopic (exact) mass is 506 g/mol. The molecule has 2 aliphatic rings. The first-order valence-electron chi connectivity index (χ1n) is 13.4. The lowest BCUT2D eigenvalue weighted by Gasteiger charge is -2.20. The summed E-state index contributed by atoms with van der Waals surface area (Å²) in [6.07, 6.45) is 2.19. The smallest absolute Gasteiger partial charge is 0.288 e. The molecule has 0 aliphatic carbocycles. The van der Waals surface area contributed by atoms with Crippen LogP contribution >= 0.6 is 0 Å². The van der Waals surface area contributed by atoms with E-state index in [4.69, 9.17) is 5.73 Å². The van der Waals surface area contributed by atoms with Gasteiger partial charge in [0, 0.05) is 25.7 Å². The summed E-state index contributed by atoms with van der Waals surface area (Å²) in [7, 11) is 2.27. The number of aromatic nitrogens is 3. The van der Waals surface area contributed by atoms with Gasteiger partial charge in [0.05, 0.1) is 5.69 Å². The molecule has 2 N–H and O–H groups in total. The van der Waals surface area contributed by atoms with Crippen molar-refractivity contribution in [2.24, 2.45) is 11.7 Å². The minimum atomic E-state index is -0.625. The Kier molecular flexibility index (Phi) is 6.55. The number of carbonyl (C=O) groups excluding carboxylic acids is 1. The number of hydrogen-bond acceptors (Lipinski definition) is 5. The molecule has 3 aromatic carbocycles. The normalized spacial score (nSPS) is 19.6. The number of aryl methyl sites for hydroxylation is 1. The number of primary amides is 1. The average molecular weight is 507 g/mol. The molecule has 0 bridgehead atoms. The second-order valence-corrected chi connectivity index (χ2v) is 10.8. The maximum Gasteiger partial charge on any atom is 0.288 e. The average Bonchev–Trinajstić information content (AvgIpc) is 3.61. The highest BCUT2D eigenvalue weighted by atomic mass is 16.1. The van der Waals surface area contributed by atoms with E-state index < -0.39 is 5.91 Å². The van der Waals surface area contributed by atoms with Gasteiger partial charge in [-0.25, -0.2) is 9.67 Å². The van der Waals surface area contributed by atoms with Crippen molar-refractivity contribution in [3.05, 3.63) is 101 Å². The lowest BCUT2D eigenvalue weighted by Crippen LogP contribution is -2.31. The summed E-state index contributed by atoms with van der Waals surface area (Å²) in [5.74, 6) is 0.884. The molecular formula is C31H34N6O. The minimum Gasteiger partial charge on any atom is -0.363 e. The van der Waals surface area contributed by atoms with Gasteiger partial charge in [-0.1, -0.05) is 60.7 Å². The Morgan fingerprint density at radius 1 is 0.895 bits per heavy atom. The molecule has 2 fully saturated rings. The third-order valence-electron chi connectivity index (χ3n) is 8.13. The van der Waals surface area contributed by atoms with E-state index in [0.29, 0.717) is 5.82 Å². The molecule has 6 rings (SSSR count). The van der Waals surface area contributed by atoms with Gasteiger partial charge in [-0.3, -0.25) is 9.69 Å². The van der Waals surface area contributed by atoms with Crippen molar-refractivity contribution < 1.29 is 4.79 Å². The summed E-state index contributed by atoms with van der Waals surface area (Å²) in [5, 5.41) is 4.20. The van der Waals surface area contributed by atoms with Crippen LogP contribution in [-0.2, 0) is 13.0 Å². The lowest BCUT2D eigenvalue weighted by molar-refractivity contribution is 0.0990. The topological polar surface area (TPSA) is 80.3 Å². The van der Waals surface area contributed by atoms with Crippen molar-refractivity contribution in [3.63, 3.8) is 0 Å². The summed E-state index contributed by atoms with van der Waals surface area (Å²) in [6.45, 7) is 6.54. The molecule has 7 heteroatoms. The number of amides is 1. The zero-order valence-corrected chi connectivity index (χ0v) is 22.0. The molecule has 1 amide bonds. The minimum absolute atomic E-state index is 0.0306. The molecule has 38 heavy (non-hydrogen) atoms. The molecule has 1 aromatic heterocycles. The number of fused-ring (bicyclic) bond motifs is 1. The van der Waals surface area contributed by atoms with Gasteiger partial charge in [-0.15, -0.1) is 5.10 Å². The van der Waals surface area contributed by atoms with Gasteiger partial charge in [0.1, 0.15) is 5.82 Å². The van der Waals surface area contributed by atoms with Crippen LogP contribution in [0.1, 0.15) is 39.6 Å². The molecule has 0 saturated carbocycles. The Balaban J connectivity index is 1.07. The fourth-order valence-corrected chi connectivity index (χ4v) is 5.99. The van der Waals surface area contributed by atoms with Crippen molar-refractivity contribution in [1.82, 2.24) is 24.6 Å². The van der Waals surface area contributed by atoms with E-state index in [1.165, 1.54) is 53.9 Å². The van der Waals surface area contributed by atoms with Crippen molar-refractivity contribution in [1.29, 1.82) is 0 Å². The van der Waals surface area contributed by atoms with Gasteiger partial charge in [0.25, 0.3) is 5.91 Å². The fourth-order valence-electron chi connectivity index (χ4n) is 5.99. The van der Waals surface area contributed by atoms with Gasteiger partial charge in [-0.2, -0.15) is 0 Å².